The summed E-state index contributed by atoms with van der Waals surface area (Å²) >= 11 is 0. The fraction of sp³-hybridized carbons (Fsp3) is 0.571. The molecule has 0 aliphatic carbocycles. The first kappa shape index (κ1) is 26.9. The number of fused-ring (bicyclic) bond motifs is 1. The van der Waals surface area contributed by atoms with Crippen molar-refractivity contribution in [3.63, 3.8) is 0 Å². The van der Waals surface area contributed by atoms with E-state index in [2.05, 4.69) is 28.7 Å². The first-order chi connectivity index (χ1) is 18.0. The van der Waals surface area contributed by atoms with Gasteiger partial charge in [0.05, 0.1) is 12.5 Å². The summed E-state index contributed by atoms with van der Waals surface area (Å²) in [5.41, 5.74) is 0.890. The van der Waals surface area contributed by atoms with Gasteiger partial charge in [0.25, 0.3) is 0 Å². The van der Waals surface area contributed by atoms with Crippen LogP contribution in [-0.2, 0) is 16.0 Å². The highest BCUT2D eigenvalue weighted by Crippen LogP contribution is 2.42. The first-order valence-corrected chi connectivity index (χ1v) is 13.4. The number of unbranched alkanes of at least 4 members (excludes halogenated alkanes) is 2. The Hall–Kier alpha value is -3.20. The number of benzene rings is 1. The molecule has 3 atom stereocenters. The van der Waals surface area contributed by atoms with Crippen LogP contribution in [0.2, 0.25) is 0 Å². The van der Waals surface area contributed by atoms with E-state index < -0.39 is 11.9 Å². The number of aromatic nitrogens is 2. The lowest BCUT2D eigenvalue weighted by molar-refractivity contribution is -0.143. The molecule has 0 radical (unpaired) electrons. The number of nitrogens with zero attached hydrogens (tertiary/aromatic N) is 4. The molecule has 3 heterocycles. The lowest BCUT2D eigenvalue weighted by Gasteiger charge is -2.29. The van der Waals surface area contributed by atoms with Gasteiger partial charge in [0.15, 0.2) is 11.5 Å². The molecule has 1 amide bonds. The Morgan fingerprint density at radius 2 is 1.78 bits per heavy atom. The second kappa shape index (κ2) is 12.9. The summed E-state index contributed by atoms with van der Waals surface area (Å²) in [6.45, 7) is 6.57. The molecule has 0 bridgehead atoms. The van der Waals surface area contributed by atoms with Crippen LogP contribution in [0.15, 0.2) is 36.7 Å². The van der Waals surface area contributed by atoms with E-state index in [9.17, 15) is 14.7 Å². The van der Waals surface area contributed by atoms with Crippen molar-refractivity contribution in [3.05, 3.63) is 48.0 Å². The minimum absolute atomic E-state index is 0.0679. The Kier molecular flexibility index (Phi) is 9.33. The maximum atomic E-state index is 13.5. The average molecular weight is 511 g/mol. The quantitative estimate of drug-likeness (QED) is 0.435. The van der Waals surface area contributed by atoms with Crippen LogP contribution in [0, 0.1) is 5.92 Å². The number of hydrogen-bond donors (Lipinski definition) is 1. The minimum Gasteiger partial charge on any atom is -0.481 e. The summed E-state index contributed by atoms with van der Waals surface area (Å²) in [5.74, 6) is 0.246. The molecule has 200 valence electrons. The molecule has 1 saturated heterocycles. The van der Waals surface area contributed by atoms with Crippen molar-refractivity contribution in [1.29, 1.82) is 0 Å². The smallest absolute Gasteiger partial charge is 0.308 e. The summed E-state index contributed by atoms with van der Waals surface area (Å²) < 4.78 is 11.0. The van der Waals surface area contributed by atoms with E-state index in [0.29, 0.717) is 36.7 Å². The van der Waals surface area contributed by atoms with Crippen LogP contribution in [0.5, 0.6) is 11.5 Å². The third kappa shape index (κ3) is 6.57. The van der Waals surface area contributed by atoms with Gasteiger partial charge >= 0.3 is 5.97 Å². The van der Waals surface area contributed by atoms with Crippen molar-refractivity contribution in [2.75, 3.05) is 33.0 Å². The van der Waals surface area contributed by atoms with E-state index in [4.69, 9.17) is 9.47 Å². The largest absolute Gasteiger partial charge is 0.481 e. The van der Waals surface area contributed by atoms with E-state index in [1.807, 2.05) is 23.1 Å². The normalized spacial score (nSPS) is 20.8. The fourth-order valence-electron chi connectivity index (χ4n) is 5.40. The zero-order chi connectivity index (χ0) is 26.2. The van der Waals surface area contributed by atoms with Crippen molar-refractivity contribution >= 4 is 11.9 Å². The summed E-state index contributed by atoms with van der Waals surface area (Å²) in [6, 6.07) is 7.10. The Balaban J connectivity index is 1.59. The lowest BCUT2D eigenvalue weighted by atomic mass is 9.83. The van der Waals surface area contributed by atoms with Crippen LogP contribution >= 0.6 is 0 Å². The van der Waals surface area contributed by atoms with Crippen LogP contribution in [-0.4, -0.2) is 75.8 Å². The summed E-state index contributed by atoms with van der Waals surface area (Å²) in [5, 5.41) is 10.4. The number of hydrogen-bond acceptors (Lipinski definition) is 7. The molecule has 37 heavy (non-hydrogen) atoms. The van der Waals surface area contributed by atoms with Gasteiger partial charge in [-0.2, -0.15) is 0 Å². The first-order valence-electron chi connectivity index (χ1n) is 13.4. The van der Waals surface area contributed by atoms with Gasteiger partial charge in [-0.3, -0.25) is 14.5 Å². The van der Waals surface area contributed by atoms with Gasteiger partial charge in [-0.05, 0) is 43.0 Å². The Morgan fingerprint density at radius 3 is 2.46 bits per heavy atom. The van der Waals surface area contributed by atoms with Gasteiger partial charge in [-0.15, -0.1) is 0 Å². The van der Waals surface area contributed by atoms with Crippen molar-refractivity contribution in [2.24, 2.45) is 5.92 Å². The zero-order valence-corrected chi connectivity index (χ0v) is 21.8. The van der Waals surface area contributed by atoms with Crippen LogP contribution in [0.1, 0.15) is 63.3 Å². The van der Waals surface area contributed by atoms with E-state index in [1.165, 1.54) is 0 Å². The molecule has 1 fully saturated rings. The van der Waals surface area contributed by atoms with Crippen LogP contribution < -0.4 is 9.47 Å². The van der Waals surface area contributed by atoms with Gasteiger partial charge in [-0.1, -0.05) is 32.8 Å². The number of ether oxygens (including phenoxy) is 2. The standard InChI is InChI=1S/C28H38N4O5/c1-3-5-14-31(15-6-4-2)26(33)18-32-17-21(20-8-10-23-24(16-20)37-19-36-23)27(28(34)35)22(32)9-11-25-29-12-7-13-30-25/h7-8,10,12-13,16,21-22,27H,3-6,9,11,14-15,17-19H2,1-2H3,(H,34,35)/t21?,22-,27+/m1/s1. The Labute approximate surface area is 218 Å². The van der Waals surface area contributed by atoms with Gasteiger partial charge < -0.3 is 19.5 Å². The monoisotopic (exact) mass is 510 g/mol. The number of aryl methyl sites for hydroxylation is 1. The number of carboxylic acid groups (broad SMARTS) is 1. The molecule has 0 spiro atoms. The number of aliphatic carboxylic acids is 1. The average Bonchev–Trinajstić information content (AvgIpc) is 3.52. The highest BCUT2D eigenvalue weighted by molar-refractivity contribution is 5.79. The Bertz CT molecular complexity index is 1040. The van der Waals surface area contributed by atoms with Gasteiger partial charge in [-0.25, -0.2) is 9.97 Å². The predicted molar refractivity (Wildman–Crippen MR) is 139 cm³/mol. The number of carbonyl (C=O) groups excluding carboxylic acids is 1. The third-order valence-corrected chi connectivity index (χ3v) is 7.40. The fourth-order valence-corrected chi connectivity index (χ4v) is 5.40. The molecule has 1 aromatic carbocycles. The van der Waals surface area contributed by atoms with Crippen molar-refractivity contribution in [2.45, 2.75) is 64.3 Å². The number of carbonyl (C=O) groups is 2. The van der Waals surface area contributed by atoms with E-state index in [0.717, 1.165) is 44.3 Å². The van der Waals surface area contributed by atoms with Crippen molar-refractivity contribution in [3.8, 4) is 11.5 Å². The molecule has 4 rings (SSSR count). The number of amides is 1. The SMILES string of the molecule is CCCCN(CCCC)C(=O)CN1CC(c2ccc3c(c2)OCO3)[C@H](C(=O)O)[C@H]1CCc1ncccn1. The van der Waals surface area contributed by atoms with Crippen molar-refractivity contribution in [1.82, 2.24) is 19.8 Å². The number of likely N-dealkylation sites (tertiary alicyclic amines) is 1. The molecular formula is C28H38N4O5. The molecular weight excluding hydrogens is 472 g/mol. The zero-order valence-electron chi connectivity index (χ0n) is 21.8. The molecule has 9 heteroatoms. The maximum Gasteiger partial charge on any atom is 0.308 e. The van der Waals surface area contributed by atoms with E-state index in [-0.39, 0.29) is 31.2 Å². The van der Waals surface area contributed by atoms with E-state index in [1.54, 1.807) is 18.5 Å². The Morgan fingerprint density at radius 1 is 1.08 bits per heavy atom. The van der Waals surface area contributed by atoms with Crippen LogP contribution in [0.4, 0.5) is 0 Å². The van der Waals surface area contributed by atoms with Crippen LogP contribution in [0.3, 0.4) is 0 Å². The van der Waals surface area contributed by atoms with Crippen molar-refractivity contribution < 1.29 is 24.2 Å². The maximum absolute atomic E-state index is 13.5. The third-order valence-electron chi connectivity index (χ3n) is 7.40. The second-order valence-corrected chi connectivity index (χ2v) is 9.87. The topological polar surface area (TPSA) is 105 Å². The lowest BCUT2D eigenvalue weighted by Crippen LogP contribution is -2.44. The molecule has 2 aliphatic heterocycles. The molecule has 1 aromatic heterocycles. The molecule has 2 aliphatic rings. The van der Waals surface area contributed by atoms with Gasteiger partial charge in [0, 0.05) is 50.4 Å². The molecule has 2 aromatic rings. The molecule has 9 nitrogen and oxygen atoms in total. The van der Waals surface area contributed by atoms with E-state index >= 15 is 0 Å². The van der Waals surface area contributed by atoms with Gasteiger partial charge in [0.2, 0.25) is 12.7 Å². The summed E-state index contributed by atoms with van der Waals surface area (Å²) in [7, 11) is 0. The predicted octanol–water partition coefficient (Wildman–Crippen LogP) is 3.74. The van der Waals surface area contributed by atoms with Gasteiger partial charge in [0.1, 0.15) is 5.82 Å². The minimum atomic E-state index is -0.856. The summed E-state index contributed by atoms with van der Waals surface area (Å²) in [6.07, 6.45) is 8.45. The molecule has 0 saturated carbocycles. The highest BCUT2D eigenvalue weighted by atomic mass is 16.7. The number of carboxylic acids is 1. The number of rotatable bonds is 13. The molecule has 1 N–H and O–H groups in total. The second-order valence-electron chi connectivity index (χ2n) is 9.87. The summed E-state index contributed by atoms with van der Waals surface area (Å²) in [4.78, 5) is 38.8. The molecule has 1 unspecified atom stereocenters. The van der Waals surface area contributed by atoms with Crippen LogP contribution in [0.25, 0.3) is 0 Å². The highest BCUT2D eigenvalue weighted by Gasteiger charge is 2.47.